The average Bonchev–Trinajstić information content (AvgIpc) is 3.60. The van der Waals surface area contributed by atoms with Crippen molar-refractivity contribution in [3.8, 4) is 17.0 Å². The number of hydrogen-bond donors (Lipinski definition) is 3. The van der Waals surface area contributed by atoms with Gasteiger partial charge in [0.15, 0.2) is 18.3 Å². The largest absolute Gasteiger partial charge is 0.467 e. The van der Waals surface area contributed by atoms with Crippen molar-refractivity contribution in [2.75, 3.05) is 31.8 Å². The van der Waals surface area contributed by atoms with E-state index >= 15 is 0 Å². The summed E-state index contributed by atoms with van der Waals surface area (Å²) >= 11 is 0. The third-order valence-electron chi connectivity index (χ3n) is 10.8. The standard InChI is InChI=1S/C48H48FN5O14S2/c1-25(55)64-41-42(65-26(2)56)44(66-27(3)57)47(68-43(41)46(60)62-5)67-36-14-11-29(20-34(36)52-37(58)16-19-69-70-38-8-6-7-17-50-38)24-63-48(61)54(4)23-28-9-12-30(13-10-28)40-32-15-18-51-45(59)33-21-31(49)22-35(53-40)39(32)33/h6-14,17,20-22,41-44,47,53H,15-16,18-19,23-24H2,1-5H3,(H,51,59)(H,52,58)/t41-,42-,43-,44+,47+/m0/s1. The van der Waals surface area contributed by atoms with E-state index in [9.17, 15) is 38.0 Å². The van der Waals surface area contributed by atoms with Gasteiger partial charge in [0.05, 0.1) is 18.4 Å². The Labute approximate surface area is 408 Å². The Bertz CT molecular complexity index is 2780. The van der Waals surface area contributed by atoms with Crippen LogP contribution >= 0.6 is 21.6 Å². The molecule has 4 heterocycles. The zero-order valence-electron chi connectivity index (χ0n) is 38.4. The van der Waals surface area contributed by atoms with E-state index in [4.69, 9.17) is 33.2 Å². The van der Waals surface area contributed by atoms with E-state index in [1.807, 2.05) is 36.4 Å². The van der Waals surface area contributed by atoms with Gasteiger partial charge in [0.1, 0.15) is 23.2 Å². The molecule has 368 valence electrons. The van der Waals surface area contributed by atoms with Crippen LogP contribution in [0.5, 0.6) is 5.75 Å². The van der Waals surface area contributed by atoms with Gasteiger partial charge in [-0.05, 0) is 75.9 Å². The number of ether oxygens (including phenoxy) is 7. The summed E-state index contributed by atoms with van der Waals surface area (Å²) in [5, 5.41) is 7.07. The number of hydrogen-bond acceptors (Lipinski definition) is 17. The SMILES string of the molecule is COC(=O)[C@H]1O[C@@H](Oc2ccc(COC(=O)N(C)Cc3ccc(-c4[nH]c5cc(F)cc6c5c4CCNC6=O)cc3)cc2NC(=O)CCSSc2ccccn2)[C@H](OC(C)=O)[C@@H](OC(C)=O)[C@@H]1OC(C)=O. The lowest BCUT2D eigenvalue weighted by atomic mass is 9.97. The fraction of sp³-hybridized carbons (Fsp3) is 0.333. The number of carbonyl (C=O) groups excluding carboxylic acids is 7. The summed E-state index contributed by atoms with van der Waals surface area (Å²) in [5.41, 5.74) is 4.53. The number of carbonyl (C=O) groups is 7. The molecule has 2 aromatic heterocycles. The maximum absolute atomic E-state index is 14.4. The van der Waals surface area contributed by atoms with Crippen LogP contribution < -0.4 is 15.4 Å². The van der Waals surface area contributed by atoms with Gasteiger partial charge in [-0.15, -0.1) is 0 Å². The molecule has 2 aliphatic heterocycles. The zero-order valence-corrected chi connectivity index (χ0v) is 40.1. The lowest BCUT2D eigenvalue weighted by Gasteiger charge is -2.43. The second-order valence-corrected chi connectivity index (χ2v) is 18.4. The second kappa shape index (κ2) is 23.0. The molecule has 1 fully saturated rings. The average molecular weight is 1000 g/mol. The predicted octanol–water partition coefficient (Wildman–Crippen LogP) is 6.26. The van der Waals surface area contributed by atoms with Crippen molar-refractivity contribution in [1.82, 2.24) is 20.2 Å². The number of nitrogens with one attached hydrogen (secondary N) is 3. The van der Waals surface area contributed by atoms with Gasteiger partial charge in [-0.1, -0.05) is 47.2 Å². The monoisotopic (exact) mass is 1000 g/mol. The van der Waals surface area contributed by atoms with Crippen molar-refractivity contribution in [1.29, 1.82) is 0 Å². The molecule has 0 aliphatic carbocycles. The molecule has 3 N–H and O–H groups in total. The first kappa shape index (κ1) is 50.7. The number of amides is 3. The van der Waals surface area contributed by atoms with E-state index in [0.717, 1.165) is 55.3 Å². The second-order valence-electron chi connectivity index (χ2n) is 16.0. The van der Waals surface area contributed by atoms with Gasteiger partial charge in [-0.25, -0.2) is 19.0 Å². The Morgan fingerprint density at radius 2 is 1.61 bits per heavy atom. The Morgan fingerprint density at radius 1 is 0.900 bits per heavy atom. The van der Waals surface area contributed by atoms with Crippen LogP contribution in [0.15, 0.2) is 84.0 Å². The van der Waals surface area contributed by atoms with Gasteiger partial charge < -0.3 is 53.7 Å². The number of anilines is 1. The highest BCUT2D eigenvalue weighted by atomic mass is 33.1. The minimum atomic E-state index is -1.74. The van der Waals surface area contributed by atoms with Crippen LogP contribution in [0.3, 0.4) is 0 Å². The Morgan fingerprint density at radius 3 is 2.31 bits per heavy atom. The molecular formula is C48H48FN5O14S2. The van der Waals surface area contributed by atoms with Gasteiger partial charge in [0.2, 0.25) is 18.3 Å². The minimum absolute atomic E-state index is 0.0380. The fourth-order valence-electron chi connectivity index (χ4n) is 7.82. The van der Waals surface area contributed by atoms with Crippen molar-refractivity contribution in [2.45, 2.75) is 82.5 Å². The van der Waals surface area contributed by atoms with E-state index in [1.54, 1.807) is 19.3 Å². The van der Waals surface area contributed by atoms with Crippen LogP contribution in [0, 0.1) is 5.82 Å². The fourth-order valence-corrected chi connectivity index (χ4v) is 9.69. The van der Waals surface area contributed by atoms with Crippen molar-refractivity contribution < 1.29 is 71.1 Å². The first-order valence-corrected chi connectivity index (χ1v) is 24.0. The highest BCUT2D eigenvalue weighted by Gasteiger charge is 2.56. The highest BCUT2D eigenvalue weighted by molar-refractivity contribution is 8.76. The summed E-state index contributed by atoms with van der Waals surface area (Å²) in [7, 11) is 5.42. The van der Waals surface area contributed by atoms with Crippen LogP contribution in [-0.2, 0) is 72.0 Å². The number of rotatable bonds is 17. The number of aromatic nitrogens is 2. The molecule has 5 aromatic rings. The third kappa shape index (κ3) is 12.5. The van der Waals surface area contributed by atoms with Crippen molar-refractivity contribution in [3.05, 3.63) is 107 Å². The van der Waals surface area contributed by atoms with Gasteiger partial charge in [0.25, 0.3) is 5.91 Å². The van der Waals surface area contributed by atoms with Crippen molar-refractivity contribution in [2.24, 2.45) is 0 Å². The number of halogens is 1. The molecule has 0 bridgehead atoms. The molecule has 1 saturated heterocycles. The number of methoxy groups -OCH3 is 1. The topological polar surface area (TPSA) is 240 Å². The number of esters is 4. The van der Waals surface area contributed by atoms with Crippen LogP contribution in [-0.4, -0.2) is 114 Å². The van der Waals surface area contributed by atoms with E-state index in [-0.39, 0.29) is 42.5 Å². The molecule has 7 rings (SSSR count). The minimum Gasteiger partial charge on any atom is -0.467 e. The summed E-state index contributed by atoms with van der Waals surface area (Å²) in [6, 6.07) is 20.0. The number of benzene rings is 3. The molecule has 0 spiro atoms. The summed E-state index contributed by atoms with van der Waals surface area (Å²) in [6.45, 7) is 3.48. The lowest BCUT2D eigenvalue weighted by Crippen LogP contribution is -2.64. The molecule has 0 radical (unpaired) electrons. The molecule has 19 nitrogen and oxygen atoms in total. The van der Waals surface area contributed by atoms with Gasteiger partial charge in [-0.3, -0.25) is 24.0 Å². The summed E-state index contributed by atoms with van der Waals surface area (Å²) < 4.78 is 53.5. The Hall–Kier alpha value is -7.17. The van der Waals surface area contributed by atoms with Crippen molar-refractivity contribution in [3.63, 3.8) is 0 Å². The van der Waals surface area contributed by atoms with Gasteiger partial charge >= 0.3 is 30.0 Å². The summed E-state index contributed by atoms with van der Waals surface area (Å²) in [4.78, 5) is 98.4. The first-order valence-electron chi connectivity index (χ1n) is 21.7. The Balaban J connectivity index is 1.08. The van der Waals surface area contributed by atoms with E-state index in [1.165, 1.54) is 56.8 Å². The maximum Gasteiger partial charge on any atom is 0.410 e. The lowest BCUT2D eigenvalue weighted by molar-refractivity contribution is -0.282. The van der Waals surface area contributed by atoms with Crippen LogP contribution in [0.1, 0.15) is 54.2 Å². The molecule has 22 heteroatoms. The molecule has 0 saturated carbocycles. The van der Waals surface area contributed by atoms with E-state index < -0.39 is 72.4 Å². The summed E-state index contributed by atoms with van der Waals surface area (Å²) in [5.74, 6) is -4.64. The smallest absolute Gasteiger partial charge is 0.410 e. The summed E-state index contributed by atoms with van der Waals surface area (Å²) in [6.07, 6.45) is -6.78. The predicted molar refractivity (Wildman–Crippen MR) is 252 cm³/mol. The molecule has 70 heavy (non-hydrogen) atoms. The van der Waals surface area contributed by atoms with E-state index in [0.29, 0.717) is 35.2 Å². The van der Waals surface area contributed by atoms with Crippen LogP contribution in [0.2, 0.25) is 0 Å². The zero-order chi connectivity index (χ0) is 50.1. The normalized spacial score (nSPS) is 18.4. The number of pyridine rings is 1. The molecule has 0 unspecified atom stereocenters. The molecule has 5 atom stereocenters. The van der Waals surface area contributed by atoms with Gasteiger partial charge in [0, 0.05) is 75.9 Å². The van der Waals surface area contributed by atoms with Crippen molar-refractivity contribution >= 4 is 80.0 Å². The number of aromatic amines is 1. The van der Waals surface area contributed by atoms with Crippen LogP contribution in [0.4, 0.5) is 14.9 Å². The molecule has 3 amide bonds. The number of nitrogens with zero attached hydrogens (tertiary/aromatic N) is 2. The molecule has 2 aliphatic rings. The van der Waals surface area contributed by atoms with E-state index in [2.05, 4.69) is 20.6 Å². The molecular weight excluding hydrogens is 954 g/mol. The third-order valence-corrected chi connectivity index (χ3v) is 13.1. The number of H-pyrrole nitrogens is 1. The highest BCUT2D eigenvalue weighted by Crippen LogP contribution is 2.37. The Kier molecular flexibility index (Phi) is 16.6. The quantitative estimate of drug-likeness (QED) is 0.0403. The van der Waals surface area contributed by atoms with Crippen LogP contribution in [0.25, 0.3) is 22.2 Å². The maximum atomic E-state index is 14.4. The van der Waals surface area contributed by atoms with Gasteiger partial charge in [-0.2, -0.15) is 0 Å². The first-order chi connectivity index (χ1) is 33.6. The molecule has 3 aromatic carbocycles.